The van der Waals surface area contributed by atoms with Gasteiger partial charge in [0.1, 0.15) is 5.75 Å². The lowest BCUT2D eigenvalue weighted by molar-refractivity contribution is -0.0500. The van der Waals surface area contributed by atoms with Crippen LogP contribution in [0.5, 0.6) is 17.2 Å². The second-order valence-electron chi connectivity index (χ2n) is 5.74. The van der Waals surface area contributed by atoms with Gasteiger partial charge in [-0.2, -0.15) is 21.6 Å². The Morgan fingerprint density at radius 2 is 1.69 bits per heavy atom. The van der Waals surface area contributed by atoms with Crippen LogP contribution in [0.15, 0.2) is 55.1 Å². The maximum atomic E-state index is 12.8. The van der Waals surface area contributed by atoms with E-state index in [1.54, 1.807) is 31.2 Å². The molecule has 2 rings (SSSR count). The summed E-state index contributed by atoms with van der Waals surface area (Å²) in [6, 6.07) is 5.57. The summed E-state index contributed by atoms with van der Waals surface area (Å²) in [5, 5.41) is 0.984. The molecule has 0 unspecified atom stereocenters. The SMILES string of the molecule is C=C/C=C(\C=C/C)c1cc(OS(=O)(=O)C(F)(F)F)cc2cc(OC)c(OC)cc12. The van der Waals surface area contributed by atoms with Gasteiger partial charge in [0.2, 0.25) is 0 Å². The van der Waals surface area contributed by atoms with Crippen LogP contribution >= 0.6 is 0 Å². The Morgan fingerprint density at radius 1 is 1.07 bits per heavy atom. The average molecular weight is 428 g/mol. The van der Waals surface area contributed by atoms with Gasteiger partial charge in [0.25, 0.3) is 0 Å². The summed E-state index contributed by atoms with van der Waals surface area (Å²) in [4.78, 5) is 0. The predicted molar refractivity (Wildman–Crippen MR) is 106 cm³/mol. The number of rotatable bonds is 7. The second-order valence-corrected chi connectivity index (χ2v) is 7.28. The summed E-state index contributed by atoms with van der Waals surface area (Å²) in [5.41, 5.74) is -4.55. The first-order valence-electron chi connectivity index (χ1n) is 8.24. The fourth-order valence-electron chi connectivity index (χ4n) is 2.66. The van der Waals surface area contributed by atoms with Crippen LogP contribution in [0, 0.1) is 0 Å². The third kappa shape index (κ3) is 4.73. The zero-order valence-corrected chi connectivity index (χ0v) is 16.7. The van der Waals surface area contributed by atoms with Gasteiger partial charge < -0.3 is 13.7 Å². The molecule has 5 nitrogen and oxygen atoms in total. The van der Waals surface area contributed by atoms with E-state index in [9.17, 15) is 21.6 Å². The molecule has 0 saturated heterocycles. The first kappa shape index (κ1) is 22.4. The van der Waals surface area contributed by atoms with Crippen molar-refractivity contribution in [1.29, 1.82) is 0 Å². The van der Waals surface area contributed by atoms with Crippen molar-refractivity contribution in [3.05, 3.63) is 60.7 Å². The Balaban J connectivity index is 2.85. The van der Waals surface area contributed by atoms with Crippen molar-refractivity contribution in [2.75, 3.05) is 14.2 Å². The molecule has 156 valence electrons. The van der Waals surface area contributed by atoms with Crippen molar-refractivity contribution < 1.29 is 35.2 Å². The normalized spacial score (nSPS) is 13.0. The second kappa shape index (κ2) is 8.60. The molecule has 9 heteroatoms. The van der Waals surface area contributed by atoms with Gasteiger partial charge in [-0.15, -0.1) is 0 Å². The minimum absolute atomic E-state index is 0.321. The highest BCUT2D eigenvalue weighted by Crippen LogP contribution is 2.39. The number of halogens is 3. The van der Waals surface area contributed by atoms with E-state index in [1.165, 1.54) is 38.5 Å². The Bertz CT molecular complexity index is 1080. The van der Waals surface area contributed by atoms with E-state index in [-0.39, 0.29) is 0 Å². The monoisotopic (exact) mass is 428 g/mol. The van der Waals surface area contributed by atoms with Crippen molar-refractivity contribution >= 4 is 26.5 Å². The molecular formula is C20H19F3O5S. The van der Waals surface area contributed by atoms with Crippen LogP contribution in [-0.2, 0) is 10.1 Å². The zero-order valence-electron chi connectivity index (χ0n) is 15.9. The quantitative estimate of drug-likeness (QED) is 0.343. The number of alkyl halides is 3. The van der Waals surface area contributed by atoms with Gasteiger partial charge in [0.15, 0.2) is 11.5 Å². The van der Waals surface area contributed by atoms with Crippen molar-refractivity contribution in [1.82, 2.24) is 0 Å². The molecule has 0 N–H and O–H groups in total. The first-order chi connectivity index (χ1) is 13.6. The molecule has 0 aliphatic carbocycles. The van der Waals surface area contributed by atoms with Crippen LogP contribution in [0.3, 0.4) is 0 Å². The van der Waals surface area contributed by atoms with Gasteiger partial charge in [0, 0.05) is 0 Å². The van der Waals surface area contributed by atoms with Crippen LogP contribution < -0.4 is 13.7 Å². The Kier molecular flexibility index (Phi) is 6.63. The van der Waals surface area contributed by atoms with Gasteiger partial charge in [-0.1, -0.05) is 30.9 Å². The molecule has 0 aliphatic rings. The molecule has 0 fully saturated rings. The largest absolute Gasteiger partial charge is 0.534 e. The number of hydrogen-bond acceptors (Lipinski definition) is 5. The molecule has 0 heterocycles. The number of fused-ring (bicyclic) bond motifs is 1. The number of ether oxygens (including phenoxy) is 2. The minimum Gasteiger partial charge on any atom is -0.493 e. The molecule has 2 aromatic rings. The van der Waals surface area contributed by atoms with Crippen LogP contribution in [0.1, 0.15) is 12.5 Å². The summed E-state index contributed by atoms with van der Waals surface area (Å²) in [7, 11) is -2.98. The summed E-state index contributed by atoms with van der Waals surface area (Å²) in [5.74, 6) is 0.231. The van der Waals surface area contributed by atoms with Gasteiger partial charge in [-0.05, 0) is 53.1 Å². The van der Waals surface area contributed by atoms with Crippen LogP contribution in [0.25, 0.3) is 16.3 Å². The summed E-state index contributed by atoms with van der Waals surface area (Å²) < 4.78 is 76.1. The highest BCUT2D eigenvalue weighted by Gasteiger charge is 2.48. The molecule has 0 saturated carbocycles. The van der Waals surface area contributed by atoms with Crippen molar-refractivity contribution in [2.24, 2.45) is 0 Å². The standard InChI is InChI=1S/C20H19F3O5S/c1-5-7-13(8-6-2)16-11-15(28-29(24,25)20(21,22)23)9-14-10-18(26-3)19(27-4)12-17(14)16/h5-12H,1H2,2-4H3/b8-6-,13-7+. The van der Waals surface area contributed by atoms with Gasteiger partial charge in [-0.3, -0.25) is 0 Å². The van der Waals surface area contributed by atoms with E-state index < -0.39 is 21.4 Å². The molecule has 0 aromatic heterocycles. The van der Waals surface area contributed by atoms with E-state index in [4.69, 9.17) is 9.47 Å². The van der Waals surface area contributed by atoms with E-state index in [0.717, 1.165) is 0 Å². The fraction of sp³-hybridized carbons (Fsp3) is 0.200. The Morgan fingerprint density at radius 3 is 2.21 bits per heavy atom. The third-order valence-electron chi connectivity index (χ3n) is 3.87. The molecule has 0 bridgehead atoms. The lowest BCUT2D eigenvalue weighted by atomic mass is 9.96. The average Bonchev–Trinajstić information content (AvgIpc) is 2.64. The summed E-state index contributed by atoms with van der Waals surface area (Å²) in [6.07, 6.45) is 6.56. The molecule has 0 atom stereocenters. The number of benzene rings is 2. The Labute approximate surface area is 166 Å². The Hall–Kier alpha value is -2.94. The summed E-state index contributed by atoms with van der Waals surface area (Å²) >= 11 is 0. The maximum Gasteiger partial charge on any atom is 0.534 e. The lowest BCUT2D eigenvalue weighted by Gasteiger charge is -2.16. The number of methoxy groups -OCH3 is 2. The van der Waals surface area contributed by atoms with Crippen LogP contribution in [-0.4, -0.2) is 28.1 Å². The fourth-order valence-corrected chi connectivity index (χ4v) is 3.11. The lowest BCUT2D eigenvalue weighted by Crippen LogP contribution is -2.28. The topological polar surface area (TPSA) is 61.8 Å². The van der Waals surface area contributed by atoms with Crippen molar-refractivity contribution in [2.45, 2.75) is 12.4 Å². The molecule has 0 amide bonds. The predicted octanol–water partition coefficient (Wildman–Crippen LogP) is 5.23. The first-order valence-corrected chi connectivity index (χ1v) is 9.65. The van der Waals surface area contributed by atoms with E-state index in [1.807, 2.05) is 0 Å². The molecule has 2 aromatic carbocycles. The van der Waals surface area contributed by atoms with E-state index >= 15 is 0 Å². The van der Waals surface area contributed by atoms with E-state index in [2.05, 4.69) is 10.8 Å². The van der Waals surface area contributed by atoms with Crippen molar-refractivity contribution in [3.8, 4) is 17.2 Å². The number of hydrogen-bond donors (Lipinski definition) is 0. The zero-order chi connectivity index (χ0) is 21.8. The highest BCUT2D eigenvalue weighted by atomic mass is 32.2. The molecule has 0 aliphatic heterocycles. The smallest absolute Gasteiger partial charge is 0.493 e. The molecular weight excluding hydrogens is 409 g/mol. The van der Waals surface area contributed by atoms with Gasteiger partial charge >= 0.3 is 15.6 Å². The van der Waals surface area contributed by atoms with Crippen molar-refractivity contribution in [3.63, 3.8) is 0 Å². The minimum atomic E-state index is -5.83. The summed E-state index contributed by atoms with van der Waals surface area (Å²) in [6.45, 7) is 5.39. The van der Waals surface area contributed by atoms with E-state index in [0.29, 0.717) is 33.4 Å². The van der Waals surface area contributed by atoms with Crippen LogP contribution in [0.2, 0.25) is 0 Å². The third-order valence-corrected chi connectivity index (χ3v) is 4.85. The maximum absolute atomic E-state index is 12.8. The van der Waals surface area contributed by atoms with Gasteiger partial charge in [-0.25, -0.2) is 0 Å². The molecule has 0 radical (unpaired) electrons. The molecule has 0 spiro atoms. The molecule has 29 heavy (non-hydrogen) atoms. The van der Waals surface area contributed by atoms with Gasteiger partial charge in [0.05, 0.1) is 14.2 Å². The highest BCUT2D eigenvalue weighted by molar-refractivity contribution is 7.88. The van der Waals surface area contributed by atoms with Crippen LogP contribution in [0.4, 0.5) is 13.2 Å². The number of allylic oxidation sites excluding steroid dienone is 5.